The van der Waals surface area contributed by atoms with Crippen LogP contribution in [0.2, 0.25) is 0 Å². The van der Waals surface area contributed by atoms with Crippen molar-refractivity contribution in [3.05, 3.63) is 53.5 Å². The molecule has 0 aromatic carbocycles. The predicted molar refractivity (Wildman–Crippen MR) is 194 cm³/mol. The summed E-state index contributed by atoms with van der Waals surface area (Å²) in [6.45, 7) is 7.26. The zero-order valence-electron chi connectivity index (χ0n) is 31.3. The topological polar surface area (TPSA) is 156 Å². The molecule has 2 aliphatic carbocycles. The van der Waals surface area contributed by atoms with Gasteiger partial charge in [-0.1, -0.05) is 13.8 Å². The fourth-order valence-corrected chi connectivity index (χ4v) is 10.1. The average Bonchev–Trinajstić information content (AvgIpc) is 3.45. The van der Waals surface area contributed by atoms with Gasteiger partial charge in [0.1, 0.15) is 17.3 Å². The number of nitrogens with one attached hydrogen (secondary N) is 1. The third-order valence-corrected chi connectivity index (χ3v) is 12.8. The van der Waals surface area contributed by atoms with Crippen molar-refractivity contribution >= 4 is 29.5 Å². The molecule has 1 amide bonds. The standard InChI is InChI=1S/C39H47F3N8O5/c1-22-12-24-14-23(2)39(34(52)53,25(13-22)15-24)48-33(51)28-19-46-36(47-32(28)37(3,41)42)50-21-38(6-10-54-11-7-38)29-16-31(43-20-30(29)50)55-27-4-8-49(9-5-27)35-44-17-26(40)18-45-35/h16-20,22-25,27H,4-15,21H2,1-3H3,(H,48,51)(H,52,53). The number of carbonyl (C=O) groups is 2. The molecular weight excluding hydrogens is 717 g/mol. The van der Waals surface area contributed by atoms with Gasteiger partial charge in [-0.25, -0.2) is 34.1 Å². The fraction of sp³-hybridized carbons (Fsp3) is 0.615. The molecule has 6 heterocycles. The van der Waals surface area contributed by atoms with Crippen LogP contribution in [0.3, 0.4) is 0 Å². The van der Waals surface area contributed by atoms with Gasteiger partial charge in [0.2, 0.25) is 17.8 Å². The Hall–Kier alpha value is -4.60. The maximum atomic E-state index is 15.5. The van der Waals surface area contributed by atoms with Gasteiger partial charge in [0.15, 0.2) is 5.82 Å². The van der Waals surface area contributed by atoms with E-state index in [0.717, 1.165) is 30.6 Å². The van der Waals surface area contributed by atoms with Gasteiger partial charge in [-0.15, -0.1) is 0 Å². The number of alkyl halides is 2. The number of piperidine rings is 1. The Morgan fingerprint density at radius 1 is 0.982 bits per heavy atom. The quantitative estimate of drug-likeness (QED) is 0.285. The molecule has 55 heavy (non-hydrogen) atoms. The Bertz CT molecular complexity index is 1930. The number of ether oxygens (including phenoxy) is 2. The number of carbonyl (C=O) groups excluding carboxylic acids is 1. The summed E-state index contributed by atoms with van der Waals surface area (Å²) >= 11 is 0. The summed E-state index contributed by atoms with van der Waals surface area (Å²) < 4.78 is 56.4. The highest BCUT2D eigenvalue weighted by molar-refractivity contribution is 5.99. The van der Waals surface area contributed by atoms with Crippen LogP contribution in [-0.2, 0) is 20.9 Å². The van der Waals surface area contributed by atoms with Crippen LogP contribution in [0.25, 0.3) is 0 Å². The molecule has 2 saturated carbocycles. The lowest BCUT2D eigenvalue weighted by molar-refractivity contribution is -0.155. The third-order valence-electron chi connectivity index (χ3n) is 12.8. The maximum Gasteiger partial charge on any atom is 0.329 e. The van der Waals surface area contributed by atoms with E-state index in [0.29, 0.717) is 114 Å². The number of hydrogen-bond donors (Lipinski definition) is 2. The number of nitrogens with zero attached hydrogens (tertiary/aromatic N) is 7. The van der Waals surface area contributed by atoms with Gasteiger partial charge in [-0.05, 0) is 67.8 Å². The van der Waals surface area contributed by atoms with Crippen molar-refractivity contribution in [1.29, 1.82) is 0 Å². The summed E-state index contributed by atoms with van der Waals surface area (Å²) in [6.07, 6.45) is 10.6. The first-order valence-electron chi connectivity index (χ1n) is 19.3. The number of amides is 1. The van der Waals surface area contributed by atoms with E-state index in [1.165, 1.54) is 0 Å². The third kappa shape index (κ3) is 6.84. The van der Waals surface area contributed by atoms with Crippen molar-refractivity contribution in [3.63, 3.8) is 0 Å². The molecule has 3 aromatic heterocycles. The number of fused-ring (bicyclic) bond motifs is 4. The van der Waals surface area contributed by atoms with E-state index in [1.807, 2.05) is 17.9 Å². The molecule has 16 heteroatoms. The fourth-order valence-electron chi connectivity index (χ4n) is 10.1. The molecule has 294 valence electrons. The van der Waals surface area contributed by atoms with Crippen molar-refractivity contribution in [3.8, 4) is 5.88 Å². The van der Waals surface area contributed by atoms with Gasteiger partial charge in [0, 0.05) is 70.3 Å². The number of carboxylic acids is 1. The van der Waals surface area contributed by atoms with E-state index in [1.54, 1.807) is 11.1 Å². The first-order valence-corrected chi connectivity index (χ1v) is 19.3. The second kappa shape index (κ2) is 14.2. The van der Waals surface area contributed by atoms with Crippen LogP contribution in [0.1, 0.15) is 93.8 Å². The molecule has 2 saturated heterocycles. The SMILES string of the molecule is CC1CC2CC(C)C(NC(=O)c3cnc(N4CC5(CCOCC5)c5cc(OC6CCN(c7ncc(F)cn7)CC6)ncc54)nc3C(C)(F)F)(C(=O)O)C(C1)C2. The number of hydrogen-bond acceptors (Lipinski definition) is 11. The van der Waals surface area contributed by atoms with E-state index in [2.05, 4.69) is 37.2 Å². The molecule has 13 nitrogen and oxygen atoms in total. The first kappa shape index (κ1) is 37.3. The lowest BCUT2D eigenvalue weighted by atomic mass is 9.56. The maximum absolute atomic E-state index is 15.5. The zero-order chi connectivity index (χ0) is 38.7. The van der Waals surface area contributed by atoms with Crippen LogP contribution in [0.15, 0.2) is 30.9 Å². The van der Waals surface area contributed by atoms with Crippen LogP contribution in [0.5, 0.6) is 5.88 Å². The Morgan fingerprint density at radius 3 is 2.38 bits per heavy atom. The Morgan fingerprint density at radius 2 is 1.69 bits per heavy atom. The molecule has 5 aliphatic rings. The molecule has 8 rings (SSSR count). The molecular formula is C39H47F3N8O5. The molecule has 5 atom stereocenters. The highest BCUT2D eigenvalue weighted by Gasteiger charge is 2.57. The van der Waals surface area contributed by atoms with E-state index in [4.69, 9.17) is 9.47 Å². The number of pyridine rings is 1. The monoisotopic (exact) mass is 764 g/mol. The summed E-state index contributed by atoms with van der Waals surface area (Å²) in [6, 6.07) is 1.92. The molecule has 3 aromatic rings. The highest BCUT2D eigenvalue weighted by Crippen LogP contribution is 2.52. The van der Waals surface area contributed by atoms with E-state index in [9.17, 15) is 19.1 Å². The van der Waals surface area contributed by atoms with Crippen LogP contribution in [0, 0.1) is 29.5 Å². The smallest absolute Gasteiger partial charge is 0.329 e. The lowest BCUT2D eigenvalue weighted by Gasteiger charge is -2.52. The zero-order valence-corrected chi connectivity index (χ0v) is 31.3. The minimum absolute atomic E-state index is 0.00789. The van der Waals surface area contributed by atoms with Crippen molar-refractivity contribution in [1.82, 2.24) is 30.2 Å². The van der Waals surface area contributed by atoms with Gasteiger partial charge < -0.3 is 29.7 Å². The van der Waals surface area contributed by atoms with Gasteiger partial charge in [0.25, 0.3) is 11.8 Å². The Labute approximate surface area is 317 Å². The van der Waals surface area contributed by atoms with Gasteiger partial charge in [-0.2, -0.15) is 8.78 Å². The summed E-state index contributed by atoms with van der Waals surface area (Å²) in [5.74, 6) is -5.24. The molecule has 2 N–H and O–H groups in total. The predicted octanol–water partition coefficient (Wildman–Crippen LogP) is 5.81. The lowest BCUT2D eigenvalue weighted by Crippen LogP contribution is -2.66. The average molecular weight is 765 g/mol. The van der Waals surface area contributed by atoms with Crippen molar-refractivity contribution in [2.24, 2.45) is 23.7 Å². The second-order valence-corrected chi connectivity index (χ2v) is 16.5. The minimum Gasteiger partial charge on any atom is -0.479 e. The summed E-state index contributed by atoms with van der Waals surface area (Å²) in [5, 5.41) is 13.4. The summed E-state index contributed by atoms with van der Waals surface area (Å²) in [4.78, 5) is 52.4. The van der Waals surface area contributed by atoms with Gasteiger partial charge in [-0.3, -0.25) is 4.79 Å². The number of carboxylic acid groups (broad SMARTS) is 1. The van der Waals surface area contributed by atoms with Crippen LogP contribution in [-0.4, -0.2) is 86.4 Å². The summed E-state index contributed by atoms with van der Waals surface area (Å²) in [5.41, 5.74) is -1.64. The Kier molecular flexibility index (Phi) is 9.61. The Balaban J connectivity index is 1.06. The highest BCUT2D eigenvalue weighted by atomic mass is 19.3. The number of anilines is 3. The number of aliphatic carboxylic acids is 1. The summed E-state index contributed by atoms with van der Waals surface area (Å²) in [7, 11) is 0. The van der Waals surface area contributed by atoms with E-state index in [-0.39, 0.29) is 18.0 Å². The molecule has 2 bridgehead atoms. The number of aromatic nitrogens is 5. The van der Waals surface area contributed by atoms with Crippen LogP contribution >= 0.6 is 0 Å². The first-order chi connectivity index (χ1) is 26.3. The molecule has 5 unspecified atom stereocenters. The molecule has 0 radical (unpaired) electrons. The van der Waals surface area contributed by atoms with Crippen molar-refractivity contribution in [2.45, 2.75) is 95.1 Å². The number of rotatable bonds is 8. The van der Waals surface area contributed by atoms with Gasteiger partial charge >= 0.3 is 5.97 Å². The molecule has 4 fully saturated rings. The van der Waals surface area contributed by atoms with Crippen LogP contribution < -0.4 is 19.9 Å². The van der Waals surface area contributed by atoms with E-state index < -0.39 is 51.7 Å². The van der Waals surface area contributed by atoms with Crippen molar-refractivity contribution in [2.75, 3.05) is 42.6 Å². The van der Waals surface area contributed by atoms with E-state index >= 15 is 8.78 Å². The normalized spacial score (nSPS) is 27.8. The van der Waals surface area contributed by atoms with Crippen molar-refractivity contribution < 1.29 is 37.3 Å². The van der Waals surface area contributed by atoms with Crippen LogP contribution in [0.4, 0.5) is 30.8 Å². The molecule has 1 spiro atoms. The van der Waals surface area contributed by atoms with Gasteiger partial charge in [0.05, 0.1) is 29.8 Å². The minimum atomic E-state index is -3.54. The largest absolute Gasteiger partial charge is 0.479 e. The number of halogens is 3. The second-order valence-electron chi connectivity index (χ2n) is 16.5. The molecule has 3 aliphatic heterocycles.